The summed E-state index contributed by atoms with van der Waals surface area (Å²) in [6.07, 6.45) is -4.25. The number of imide groups is 1. The number of carbonyl (C=O) groups is 3. The number of nitrogens with one attached hydrogen (secondary N) is 2. The van der Waals surface area contributed by atoms with E-state index >= 15 is 0 Å². The maximum atomic E-state index is 12.7. The van der Waals surface area contributed by atoms with Gasteiger partial charge in [0, 0.05) is 24.0 Å². The zero-order chi connectivity index (χ0) is 25.3. The topological polar surface area (TPSA) is 125 Å². The lowest BCUT2D eigenvalue weighted by Gasteiger charge is -2.13. The summed E-state index contributed by atoms with van der Waals surface area (Å²) in [6, 6.07) is 4.89. The van der Waals surface area contributed by atoms with Gasteiger partial charge in [-0.1, -0.05) is 0 Å². The molecule has 34 heavy (non-hydrogen) atoms. The molecule has 0 bridgehead atoms. The fourth-order valence-electron chi connectivity index (χ4n) is 2.61. The Kier molecular flexibility index (Phi) is 9.04. The minimum atomic E-state index is -4.71. The number of hydrogen-bond acceptors (Lipinski definition) is 7. The van der Waals surface area contributed by atoms with Gasteiger partial charge in [0.15, 0.2) is 18.1 Å². The molecule has 0 spiro atoms. The third-order valence-corrected chi connectivity index (χ3v) is 4.03. The molecule has 2 rings (SSSR count). The third-order valence-electron chi connectivity index (χ3n) is 4.03. The summed E-state index contributed by atoms with van der Waals surface area (Å²) in [5, 5.41) is 4.32. The van der Waals surface area contributed by atoms with Gasteiger partial charge < -0.3 is 24.1 Å². The first-order valence-electron chi connectivity index (χ1n) is 9.97. The molecule has 0 saturated heterocycles. The van der Waals surface area contributed by atoms with Crippen LogP contribution in [-0.4, -0.2) is 42.3 Å². The average molecular weight is 485 g/mol. The lowest BCUT2D eigenvalue weighted by atomic mass is 10.2. The van der Waals surface area contributed by atoms with Gasteiger partial charge in [-0.05, 0) is 32.0 Å². The monoisotopic (exact) mass is 485 g/mol. The second kappa shape index (κ2) is 11.7. The molecule has 2 aromatic rings. The predicted octanol–water partition coefficient (Wildman–Crippen LogP) is 2.56. The Morgan fingerprint density at radius 3 is 2.32 bits per heavy atom. The third kappa shape index (κ3) is 7.83. The van der Waals surface area contributed by atoms with E-state index in [9.17, 15) is 32.3 Å². The Morgan fingerprint density at radius 2 is 1.68 bits per heavy atom. The molecular formula is C21H22F3N3O7. The minimum Gasteiger partial charge on any atom is -0.490 e. The summed E-state index contributed by atoms with van der Waals surface area (Å²) in [7, 11) is 0. The van der Waals surface area contributed by atoms with Crippen LogP contribution in [0.5, 0.6) is 11.5 Å². The molecule has 0 aliphatic heterocycles. The number of pyridine rings is 1. The van der Waals surface area contributed by atoms with Crippen molar-refractivity contribution in [1.82, 2.24) is 9.88 Å². The summed E-state index contributed by atoms with van der Waals surface area (Å²) >= 11 is 0. The van der Waals surface area contributed by atoms with Gasteiger partial charge in [-0.3, -0.25) is 19.7 Å². The number of benzene rings is 1. The molecule has 184 valence electrons. The SMILES string of the molecule is CCOc1ccc(NC(=O)NC(=O)COC(=O)Cn2cc(C(F)(F)F)ccc2=O)cc1OCC. The fraction of sp³-hybridized carbons (Fsp3) is 0.333. The summed E-state index contributed by atoms with van der Waals surface area (Å²) in [5.41, 5.74) is -1.70. The van der Waals surface area contributed by atoms with E-state index in [-0.39, 0.29) is 5.69 Å². The van der Waals surface area contributed by atoms with Crippen LogP contribution in [0.4, 0.5) is 23.7 Å². The fourth-order valence-corrected chi connectivity index (χ4v) is 2.61. The van der Waals surface area contributed by atoms with Crippen molar-refractivity contribution < 1.29 is 41.8 Å². The van der Waals surface area contributed by atoms with Crippen molar-refractivity contribution in [3.8, 4) is 11.5 Å². The Bertz CT molecular complexity index is 1100. The Labute approximate surface area is 191 Å². The van der Waals surface area contributed by atoms with Gasteiger partial charge in [-0.15, -0.1) is 0 Å². The number of carbonyl (C=O) groups excluding carboxylic acids is 3. The number of nitrogens with zero attached hydrogens (tertiary/aromatic N) is 1. The van der Waals surface area contributed by atoms with Crippen LogP contribution in [-0.2, 0) is 27.0 Å². The maximum Gasteiger partial charge on any atom is 0.417 e. The highest BCUT2D eigenvalue weighted by molar-refractivity contribution is 6.02. The first kappa shape index (κ1) is 26.2. The van der Waals surface area contributed by atoms with Crippen LogP contribution in [0.2, 0.25) is 0 Å². The van der Waals surface area contributed by atoms with E-state index in [0.717, 1.165) is 0 Å². The molecule has 0 fully saturated rings. The van der Waals surface area contributed by atoms with E-state index in [1.54, 1.807) is 19.9 Å². The van der Waals surface area contributed by atoms with Gasteiger partial charge in [0.1, 0.15) is 6.54 Å². The highest BCUT2D eigenvalue weighted by Crippen LogP contribution is 2.30. The van der Waals surface area contributed by atoms with E-state index in [0.29, 0.717) is 47.6 Å². The lowest BCUT2D eigenvalue weighted by molar-refractivity contribution is -0.149. The van der Waals surface area contributed by atoms with Crippen molar-refractivity contribution >= 4 is 23.6 Å². The zero-order valence-electron chi connectivity index (χ0n) is 18.2. The van der Waals surface area contributed by atoms with Gasteiger partial charge in [0.2, 0.25) is 0 Å². The van der Waals surface area contributed by atoms with E-state index in [1.807, 2.05) is 5.32 Å². The molecule has 0 atom stereocenters. The van der Waals surface area contributed by atoms with Gasteiger partial charge >= 0.3 is 18.2 Å². The Morgan fingerprint density at radius 1 is 1.00 bits per heavy atom. The van der Waals surface area contributed by atoms with E-state index in [2.05, 4.69) is 10.1 Å². The Hall–Kier alpha value is -4.03. The summed E-state index contributed by atoms with van der Waals surface area (Å²) in [4.78, 5) is 47.3. The summed E-state index contributed by atoms with van der Waals surface area (Å²) < 4.78 is 54.2. The number of esters is 1. The second-order valence-electron chi connectivity index (χ2n) is 6.57. The number of urea groups is 1. The molecular weight excluding hydrogens is 463 g/mol. The van der Waals surface area contributed by atoms with Gasteiger partial charge in [0.05, 0.1) is 18.8 Å². The van der Waals surface area contributed by atoms with Crippen LogP contribution >= 0.6 is 0 Å². The normalized spacial score (nSPS) is 10.9. The van der Waals surface area contributed by atoms with Crippen molar-refractivity contribution in [2.75, 3.05) is 25.1 Å². The van der Waals surface area contributed by atoms with E-state index < -0.39 is 48.4 Å². The van der Waals surface area contributed by atoms with Crippen molar-refractivity contribution in [3.05, 3.63) is 52.4 Å². The molecule has 0 saturated carbocycles. The van der Waals surface area contributed by atoms with Crippen molar-refractivity contribution in [3.63, 3.8) is 0 Å². The summed E-state index contributed by atoms with van der Waals surface area (Å²) in [6.45, 7) is 2.58. The number of aromatic nitrogens is 1. The average Bonchev–Trinajstić information content (AvgIpc) is 2.75. The number of amides is 3. The molecule has 0 radical (unpaired) electrons. The van der Waals surface area contributed by atoms with Crippen molar-refractivity contribution in [1.29, 1.82) is 0 Å². The highest BCUT2D eigenvalue weighted by Gasteiger charge is 2.31. The first-order valence-corrected chi connectivity index (χ1v) is 9.97. The predicted molar refractivity (Wildman–Crippen MR) is 113 cm³/mol. The quantitative estimate of drug-likeness (QED) is 0.523. The number of rotatable bonds is 9. The molecule has 13 heteroatoms. The van der Waals surface area contributed by atoms with Gasteiger partial charge in [-0.2, -0.15) is 13.2 Å². The van der Waals surface area contributed by atoms with Crippen molar-refractivity contribution in [2.24, 2.45) is 0 Å². The smallest absolute Gasteiger partial charge is 0.417 e. The molecule has 2 N–H and O–H groups in total. The van der Waals surface area contributed by atoms with Crippen LogP contribution in [0, 0.1) is 0 Å². The number of hydrogen-bond donors (Lipinski definition) is 2. The molecule has 1 aromatic carbocycles. The summed E-state index contributed by atoms with van der Waals surface area (Å²) in [5.74, 6) is -1.30. The number of ether oxygens (including phenoxy) is 3. The van der Waals surface area contributed by atoms with Gasteiger partial charge in [-0.25, -0.2) is 4.79 Å². The van der Waals surface area contributed by atoms with Crippen LogP contribution in [0.25, 0.3) is 0 Å². The maximum absolute atomic E-state index is 12.7. The second-order valence-corrected chi connectivity index (χ2v) is 6.57. The van der Waals surface area contributed by atoms with Crippen LogP contribution in [0.3, 0.4) is 0 Å². The molecule has 3 amide bonds. The number of halogens is 3. The molecule has 0 aliphatic rings. The van der Waals surface area contributed by atoms with Crippen LogP contribution in [0.1, 0.15) is 19.4 Å². The minimum absolute atomic E-state index is 0.290. The van der Waals surface area contributed by atoms with E-state index in [4.69, 9.17) is 9.47 Å². The highest BCUT2D eigenvalue weighted by atomic mass is 19.4. The Balaban J connectivity index is 1.88. The number of alkyl halides is 3. The van der Waals surface area contributed by atoms with Crippen molar-refractivity contribution in [2.45, 2.75) is 26.6 Å². The van der Waals surface area contributed by atoms with Crippen LogP contribution < -0.4 is 25.7 Å². The van der Waals surface area contributed by atoms with E-state index in [1.165, 1.54) is 12.1 Å². The molecule has 1 heterocycles. The molecule has 10 nitrogen and oxygen atoms in total. The zero-order valence-corrected chi connectivity index (χ0v) is 18.2. The lowest BCUT2D eigenvalue weighted by Crippen LogP contribution is -2.37. The standard InChI is InChI=1S/C21H22F3N3O7/c1-3-32-15-7-6-14(9-16(15)33-4-2)25-20(31)26-17(28)12-34-19(30)11-27-10-13(21(22,23)24)5-8-18(27)29/h5-10H,3-4,11-12H2,1-2H3,(H2,25,26,28,31). The molecule has 0 unspecified atom stereocenters. The number of anilines is 1. The largest absolute Gasteiger partial charge is 0.490 e. The molecule has 0 aliphatic carbocycles. The molecule has 1 aromatic heterocycles. The van der Waals surface area contributed by atoms with Gasteiger partial charge in [0.25, 0.3) is 11.5 Å². The first-order chi connectivity index (χ1) is 16.0. The van der Waals surface area contributed by atoms with Crippen LogP contribution in [0.15, 0.2) is 41.3 Å².